The van der Waals surface area contributed by atoms with Crippen molar-refractivity contribution < 1.29 is 14.3 Å². The second-order valence-electron chi connectivity index (χ2n) is 5.89. The number of hydrogen-bond donors (Lipinski definition) is 1. The first kappa shape index (κ1) is 18.6. The zero-order valence-electron chi connectivity index (χ0n) is 13.3. The summed E-state index contributed by atoms with van der Waals surface area (Å²) in [5, 5.41) is 12.4. The minimum Gasteiger partial charge on any atom is -0.449 e. The molecule has 0 saturated heterocycles. The summed E-state index contributed by atoms with van der Waals surface area (Å²) in [6.45, 7) is 1.46. The Morgan fingerprint density at radius 1 is 1.29 bits per heavy atom. The third-order valence-electron chi connectivity index (χ3n) is 4.11. The number of nitriles is 1. The van der Waals surface area contributed by atoms with Gasteiger partial charge in [0, 0.05) is 0 Å². The van der Waals surface area contributed by atoms with E-state index in [9.17, 15) is 14.9 Å². The lowest BCUT2D eigenvalue weighted by molar-refractivity contribution is -0.130. The molecule has 0 radical (unpaired) electrons. The first-order chi connectivity index (χ1) is 11.4. The average Bonchev–Trinajstić information content (AvgIpc) is 2.58. The highest BCUT2D eigenvalue weighted by Crippen LogP contribution is 2.28. The Labute approximate surface area is 150 Å². The van der Waals surface area contributed by atoms with Crippen LogP contribution in [0.25, 0.3) is 0 Å². The Hall–Kier alpha value is -1.77. The lowest BCUT2D eigenvalue weighted by atomic mass is 9.83. The average molecular weight is 369 g/mol. The highest BCUT2D eigenvalue weighted by molar-refractivity contribution is 6.43. The van der Waals surface area contributed by atoms with Gasteiger partial charge in [-0.1, -0.05) is 48.5 Å². The van der Waals surface area contributed by atoms with Crippen molar-refractivity contribution in [3.63, 3.8) is 0 Å². The zero-order chi connectivity index (χ0) is 17.7. The number of carbonyl (C=O) groups excluding carboxylic acids is 2. The molecule has 0 heterocycles. The molecule has 1 aliphatic carbocycles. The SMILES string of the molecule is C[C@H](OC(=O)c1cccc(Cl)c1Cl)C(=O)NC1(C#N)CCCCC1. The van der Waals surface area contributed by atoms with Gasteiger partial charge in [0.1, 0.15) is 5.54 Å². The summed E-state index contributed by atoms with van der Waals surface area (Å²) < 4.78 is 5.16. The van der Waals surface area contributed by atoms with Crippen molar-refractivity contribution in [1.29, 1.82) is 5.26 Å². The van der Waals surface area contributed by atoms with Gasteiger partial charge in [0.25, 0.3) is 5.91 Å². The number of esters is 1. The Balaban J connectivity index is 2.02. The summed E-state index contributed by atoms with van der Waals surface area (Å²) in [6, 6.07) is 6.79. The Morgan fingerprint density at radius 2 is 1.96 bits per heavy atom. The van der Waals surface area contributed by atoms with Crippen LogP contribution in [0.1, 0.15) is 49.4 Å². The molecule has 1 N–H and O–H groups in total. The summed E-state index contributed by atoms with van der Waals surface area (Å²) in [6.07, 6.45) is 3.00. The summed E-state index contributed by atoms with van der Waals surface area (Å²) in [7, 11) is 0. The molecule has 1 saturated carbocycles. The molecule has 2 rings (SSSR count). The van der Waals surface area contributed by atoms with Gasteiger partial charge in [-0.05, 0) is 31.9 Å². The van der Waals surface area contributed by atoms with Gasteiger partial charge >= 0.3 is 5.97 Å². The van der Waals surface area contributed by atoms with E-state index in [1.54, 1.807) is 12.1 Å². The van der Waals surface area contributed by atoms with Crippen LogP contribution in [0.15, 0.2) is 18.2 Å². The van der Waals surface area contributed by atoms with Crippen LogP contribution in [-0.4, -0.2) is 23.5 Å². The first-order valence-corrected chi connectivity index (χ1v) is 8.52. The number of halogens is 2. The molecular formula is C17H18Cl2N2O3. The number of ether oxygens (including phenoxy) is 1. The maximum absolute atomic E-state index is 12.3. The van der Waals surface area contributed by atoms with Crippen LogP contribution in [0.3, 0.4) is 0 Å². The normalized spacial score (nSPS) is 17.4. The van der Waals surface area contributed by atoms with Crippen molar-refractivity contribution in [2.75, 3.05) is 0 Å². The zero-order valence-corrected chi connectivity index (χ0v) is 14.8. The predicted molar refractivity (Wildman–Crippen MR) is 90.9 cm³/mol. The van der Waals surface area contributed by atoms with Gasteiger partial charge in [0.2, 0.25) is 0 Å². The Kier molecular flexibility index (Phi) is 6.09. The quantitative estimate of drug-likeness (QED) is 0.817. The van der Waals surface area contributed by atoms with E-state index in [1.165, 1.54) is 13.0 Å². The molecule has 0 aliphatic heterocycles. The van der Waals surface area contributed by atoms with E-state index in [4.69, 9.17) is 27.9 Å². The Bertz CT molecular complexity index is 679. The van der Waals surface area contributed by atoms with Crippen LogP contribution in [0.5, 0.6) is 0 Å². The maximum Gasteiger partial charge on any atom is 0.340 e. The second kappa shape index (κ2) is 7.87. The standard InChI is InChI=1S/C17H18Cl2N2O3/c1-11(15(22)21-17(10-20)8-3-2-4-9-17)24-16(23)12-6-5-7-13(18)14(12)19/h5-7,11H,2-4,8-9H2,1H3,(H,21,22)/t11-/m0/s1. The first-order valence-electron chi connectivity index (χ1n) is 7.77. The number of nitrogens with one attached hydrogen (secondary N) is 1. The predicted octanol–water partition coefficient (Wildman–Crippen LogP) is 3.88. The third-order valence-corrected chi connectivity index (χ3v) is 4.93. The van der Waals surface area contributed by atoms with Crippen molar-refractivity contribution in [3.8, 4) is 6.07 Å². The number of rotatable bonds is 4. The summed E-state index contributed by atoms with van der Waals surface area (Å²) in [4.78, 5) is 24.5. The smallest absolute Gasteiger partial charge is 0.340 e. The minimum absolute atomic E-state index is 0.0811. The monoisotopic (exact) mass is 368 g/mol. The Morgan fingerprint density at radius 3 is 2.58 bits per heavy atom. The summed E-state index contributed by atoms with van der Waals surface area (Å²) in [5.74, 6) is -1.23. The molecule has 1 aromatic rings. The third kappa shape index (κ3) is 4.19. The van der Waals surface area contributed by atoms with Crippen LogP contribution < -0.4 is 5.32 Å². The van der Waals surface area contributed by atoms with E-state index in [0.29, 0.717) is 12.8 Å². The second-order valence-corrected chi connectivity index (χ2v) is 6.68. The largest absolute Gasteiger partial charge is 0.449 e. The van der Waals surface area contributed by atoms with Gasteiger partial charge < -0.3 is 10.1 Å². The van der Waals surface area contributed by atoms with Crippen LogP contribution in [0, 0.1) is 11.3 Å². The number of nitrogens with zero attached hydrogens (tertiary/aromatic N) is 1. The van der Waals surface area contributed by atoms with Crippen molar-refractivity contribution >= 4 is 35.1 Å². The molecule has 5 nitrogen and oxygen atoms in total. The number of carbonyl (C=O) groups is 2. The van der Waals surface area contributed by atoms with Crippen molar-refractivity contribution in [1.82, 2.24) is 5.32 Å². The van der Waals surface area contributed by atoms with Crippen LogP contribution >= 0.6 is 23.2 Å². The summed E-state index contributed by atoms with van der Waals surface area (Å²) >= 11 is 11.8. The van der Waals surface area contributed by atoms with Crippen LogP contribution in [0.4, 0.5) is 0 Å². The fourth-order valence-corrected chi connectivity index (χ4v) is 3.07. The molecular weight excluding hydrogens is 351 g/mol. The molecule has 1 amide bonds. The van der Waals surface area contributed by atoms with E-state index in [0.717, 1.165) is 19.3 Å². The lowest BCUT2D eigenvalue weighted by Gasteiger charge is -2.32. The molecule has 1 atom stereocenters. The van der Waals surface area contributed by atoms with Crippen molar-refractivity contribution in [2.24, 2.45) is 0 Å². The fraction of sp³-hybridized carbons (Fsp3) is 0.471. The van der Waals surface area contributed by atoms with E-state index >= 15 is 0 Å². The van der Waals surface area contributed by atoms with Gasteiger partial charge in [-0.3, -0.25) is 4.79 Å². The molecule has 0 aromatic heterocycles. The van der Waals surface area contributed by atoms with Gasteiger partial charge in [0.15, 0.2) is 6.10 Å². The van der Waals surface area contributed by atoms with E-state index in [1.807, 2.05) is 0 Å². The van der Waals surface area contributed by atoms with Crippen molar-refractivity contribution in [2.45, 2.75) is 50.7 Å². The van der Waals surface area contributed by atoms with E-state index < -0.39 is 23.5 Å². The van der Waals surface area contributed by atoms with Crippen LogP contribution in [0.2, 0.25) is 10.0 Å². The van der Waals surface area contributed by atoms with E-state index in [-0.39, 0.29) is 15.6 Å². The highest BCUT2D eigenvalue weighted by atomic mass is 35.5. The van der Waals surface area contributed by atoms with Gasteiger partial charge in [-0.15, -0.1) is 0 Å². The minimum atomic E-state index is -1.04. The molecule has 0 spiro atoms. The fourth-order valence-electron chi connectivity index (χ4n) is 2.70. The van der Waals surface area contributed by atoms with Gasteiger partial charge in [-0.25, -0.2) is 4.79 Å². The maximum atomic E-state index is 12.3. The van der Waals surface area contributed by atoms with Crippen molar-refractivity contribution in [3.05, 3.63) is 33.8 Å². The molecule has 128 valence electrons. The molecule has 24 heavy (non-hydrogen) atoms. The molecule has 1 aliphatic rings. The highest BCUT2D eigenvalue weighted by Gasteiger charge is 2.35. The topological polar surface area (TPSA) is 79.2 Å². The molecule has 0 bridgehead atoms. The number of amides is 1. The molecule has 1 aromatic carbocycles. The van der Waals surface area contributed by atoms with Crippen LogP contribution in [-0.2, 0) is 9.53 Å². The number of hydrogen-bond acceptors (Lipinski definition) is 4. The summed E-state index contributed by atoms with van der Waals surface area (Å²) in [5.41, 5.74) is -0.777. The van der Waals surface area contributed by atoms with Gasteiger partial charge in [-0.2, -0.15) is 5.26 Å². The number of benzene rings is 1. The molecule has 0 unspecified atom stereocenters. The van der Waals surface area contributed by atoms with Gasteiger partial charge in [0.05, 0.1) is 21.7 Å². The molecule has 7 heteroatoms. The molecule has 1 fully saturated rings. The van der Waals surface area contributed by atoms with E-state index in [2.05, 4.69) is 11.4 Å². The lowest BCUT2D eigenvalue weighted by Crippen LogP contribution is -2.52.